The van der Waals surface area contributed by atoms with Gasteiger partial charge in [-0.05, 0) is 48.4 Å². The third-order valence-electron chi connectivity index (χ3n) is 3.22. The second kappa shape index (κ2) is 5.36. The lowest BCUT2D eigenvalue weighted by atomic mass is 10.1. The van der Waals surface area contributed by atoms with Gasteiger partial charge < -0.3 is 10.3 Å². The Labute approximate surface area is 121 Å². The zero-order chi connectivity index (χ0) is 14.8. The molecule has 2 N–H and O–H groups in total. The normalized spacial score (nSPS) is 10.8. The number of hydrogen-bond acceptors (Lipinski definition) is 4. The molecule has 5 heteroatoms. The van der Waals surface area contributed by atoms with E-state index in [4.69, 9.17) is 10.3 Å². The number of anilines is 1. The van der Waals surface area contributed by atoms with Gasteiger partial charge in [0.05, 0.1) is 6.42 Å². The Morgan fingerprint density at radius 3 is 2.62 bits per heavy atom. The minimum Gasteiger partial charge on any atom is -0.399 e. The Kier molecular flexibility index (Phi) is 3.39. The quantitative estimate of drug-likeness (QED) is 0.748. The van der Waals surface area contributed by atoms with Crippen molar-refractivity contribution in [3.63, 3.8) is 0 Å². The van der Waals surface area contributed by atoms with Crippen LogP contribution >= 0.6 is 0 Å². The minimum atomic E-state index is -0.246. The molecule has 1 aromatic heterocycles. The fraction of sp³-hybridized carbons (Fsp3) is 0.125. The summed E-state index contributed by atoms with van der Waals surface area (Å²) in [6.07, 6.45) is 0.535. The number of aromatic nitrogens is 2. The van der Waals surface area contributed by atoms with E-state index in [0.29, 0.717) is 29.4 Å². The van der Waals surface area contributed by atoms with Gasteiger partial charge in [-0.15, -0.1) is 0 Å². The number of rotatable bonds is 3. The number of nitrogen functional groups attached to an aromatic ring is 1. The van der Waals surface area contributed by atoms with Crippen LogP contribution in [0.5, 0.6) is 0 Å². The highest BCUT2D eigenvalue weighted by molar-refractivity contribution is 5.55. The summed E-state index contributed by atoms with van der Waals surface area (Å²) in [5, 5.41) is 3.94. The molecule has 0 amide bonds. The first-order chi connectivity index (χ1) is 10.1. The molecule has 2 aromatic carbocycles. The Bertz CT molecular complexity index is 765. The van der Waals surface area contributed by atoms with Crippen LogP contribution in [0.2, 0.25) is 0 Å². The Morgan fingerprint density at radius 1 is 1.14 bits per heavy atom. The fourth-order valence-corrected chi connectivity index (χ4v) is 2.04. The standard InChI is InChI=1S/C16H14FN3O/c1-10-8-12(4-7-14(10)17)16-19-15(21-20-16)9-11-2-5-13(18)6-3-11/h2-8H,9,18H2,1H3. The van der Waals surface area contributed by atoms with E-state index >= 15 is 0 Å². The molecule has 0 unspecified atom stereocenters. The van der Waals surface area contributed by atoms with E-state index in [2.05, 4.69) is 10.1 Å². The van der Waals surface area contributed by atoms with Gasteiger partial charge in [0.2, 0.25) is 11.7 Å². The highest BCUT2D eigenvalue weighted by atomic mass is 19.1. The molecule has 4 nitrogen and oxygen atoms in total. The van der Waals surface area contributed by atoms with E-state index in [1.54, 1.807) is 19.1 Å². The van der Waals surface area contributed by atoms with Gasteiger partial charge in [-0.1, -0.05) is 17.3 Å². The maximum absolute atomic E-state index is 13.3. The molecule has 0 spiro atoms. The van der Waals surface area contributed by atoms with Crippen molar-refractivity contribution in [3.8, 4) is 11.4 Å². The lowest BCUT2D eigenvalue weighted by Gasteiger charge is -1.98. The van der Waals surface area contributed by atoms with E-state index in [1.807, 2.05) is 24.3 Å². The van der Waals surface area contributed by atoms with Crippen molar-refractivity contribution in [2.24, 2.45) is 0 Å². The van der Waals surface area contributed by atoms with Gasteiger partial charge in [0.15, 0.2) is 0 Å². The molecule has 1 heterocycles. The van der Waals surface area contributed by atoms with Crippen molar-refractivity contribution >= 4 is 5.69 Å². The molecule has 3 rings (SSSR count). The first kappa shape index (κ1) is 13.3. The summed E-state index contributed by atoms with van der Waals surface area (Å²) in [7, 11) is 0. The van der Waals surface area contributed by atoms with Crippen molar-refractivity contribution in [3.05, 3.63) is 65.3 Å². The molecule has 0 fully saturated rings. The topological polar surface area (TPSA) is 64.9 Å². The van der Waals surface area contributed by atoms with E-state index in [1.165, 1.54) is 6.07 Å². The van der Waals surface area contributed by atoms with Gasteiger partial charge in [-0.2, -0.15) is 4.98 Å². The second-order valence-electron chi connectivity index (χ2n) is 4.89. The van der Waals surface area contributed by atoms with Crippen molar-refractivity contribution in [1.29, 1.82) is 0 Å². The Balaban J connectivity index is 1.82. The van der Waals surface area contributed by atoms with Crippen LogP contribution in [-0.4, -0.2) is 10.1 Å². The zero-order valence-corrected chi connectivity index (χ0v) is 11.5. The highest BCUT2D eigenvalue weighted by Gasteiger charge is 2.10. The van der Waals surface area contributed by atoms with E-state index in [0.717, 1.165) is 11.1 Å². The van der Waals surface area contributed by atoms with Crippen LogP contribution in [0, 0.1) is 12.7 Å². The molecule has 106 valence electrons. The summed E-state index contributed by atoms with van der Waals surface area (Å²) in [4.78, 5) is 4.34. The maximum Gasteiger partial charge on any atom is 0.231 e. The molecule has 21 heavy (non-hydrogen) atoms. The second-order valence-corrected chi connectivity index (χ2v) is 4.89. The first-order valence-electron chi connectivity index (χ1n) is 6.55. The molecule has 3 aromatic rings. The van der Waals surface area contributed by atoms with Crippen LogP contribution in [-0.2, 0) is 6.42 Å². The molecule has 0 atom stereocenters. The fourth-order valence-electron chi connectivity index (χ4n) is 2.04. The summed E-state index contributed by atoms with van der Waals surface area (Å²) in [6.45, 7) is 1.70. The number of halogens is 1. The van der Waals surface area contributed by atoms with Gasteiger partial charge in [-0.3, -0.25) is 0 Å². The van der Waals surface area contributed by atoms with E-state index in [9.17, 15) is 4.39 Å². The smallest absolute Gasteiger partial charge is 0.231 e. The molecule has 0 radical (unpaired) electrons. The van der Waals surface area contributed by atoms with Crippen LogP contribution in [0.1, 0.15) is 17.0 Å². The van der Waals surface area contributed by atoms with E-state index in [-0.39, 0.29) is 5.82 Å². The van der Waals surface area contributed by atoms with Gasteiger partial charge in [0.1, 0.15) is 5.82 Å². The van der Waals surface area contributed by atoms with Gasteiger partial charge in [0, 0.05) is 11.3 Å². The monoisotopic (exact) mass is 283 g/mol. The Morgan fingerprint density at radius 2 is 1.90 bits per heavy atom. The maximum atomic E-state index is 13.3. The third kappa shape index (κ3) is 2.91. The lowest BCUT2D eigenvalue weighted by Crippen LogP contribution is -1.90. The summed E-state index contributed by atoms with van der Waals surface area (Å²) in [6, 6.07) is 12.2. The van der Waals surface area contributed by atoms with Crippen molar-refractivity contribution < 1.29 is 8.91 Å². The average molecular weight is 283 g/mol. The summed E-state index contributed by atoms with van der Waals surface area (Å²) < 4.78 is 18.5. The van der Waals surface area contributed by atoms with Crippen molar-refractivity contribution in [1.82, 2.24) is 10.1 Å². The Hall–Kier alpha value is -2.69. The molecule has 0 aliphatic rings. The summed E-state index contributed by atoms with van der Waals surface area (Å²) in [5.74, 6) is 0.727. The SMILES string of the molecule is Cc1cc(-c2noc(Cc3ccc(N)cc3)n2)ccc1F. The molecule has 0 saturated carbocycles. The molecular formula is C16H14FN3O. The molecular weight excluding hydrogens is 269 g/mol. The minimum absolute atomic E-state index is 0.246. The average Bonchev–Trinajstić information content (AvgIpc) is 2.93. The van der Waals surface area contributed by atoms with Gasteiger partial charge >= 0.3 is 0 Å². The van der Waals surface area contributed by atoms with Crippen LogP contribution in [0.3, 0.4) is 0 Å². The van der Waals surface area contributed by atoms with Crippen LogP contribution < -0.4 is 5.73 Å². The number of benzene rings is 2. The summed E-state index contributed by atoms with van der Waals surface area (Å²) >= 11 is 0. The molecule has 0 saturated heterocycles. The number of nitrogens with two attached hydrogens (primary N) is 1. The highest BCUT2D eigenvalue weighted by Crippen LogP contribution is 2.20. The summed E-state index contributed by atoms with van der Waals surface area (Å²) in [5.41, 5.74) is 8.69. The lowest BCUT2D eigenvalue weighted by molar-refractivity contribution is 0.385. The van der Waals surface area contributed by atoms with Gasteiger partial charge in [-0.25, -0.2) is 4.39 Å². The van der Waals surface area contributed by atoms with Gasteiger partial charge in [0.25, 0.3) is 0 Å². The number of aryl methyl sites for hydroxylation is 1. The first-order valence-corrected chi connectivity index (χ1v) is 6.55. The predicted molar refractivity (Wildman–Crippen MR) is 78.1 cm³/mol. The number of hydrogen-bond donors (Lipinski definition) is 1. The molecule has 0 aliphatic heterocycles. The molecule has 0 bridgehead atoms. The van der Waals surface area contributed by atoms with Crippen molar-refractivity contribution in [2.75, 3.05) is 5.73 Å². The zero-order valence-electron chi connectivity index (χ0n) is 11.5. The largest absolute Gasteiger partial charge is 0.399 e. The van der Waals surface area contributed by atoms with Crippen LogP contribution in [0.15, 0.2) is 47.0 Å². The van der Waals surface area contributed by atoms with Crippen molar-refractivity contribution in [2.45, 2.75) is 13.3 Å². The molecule has 0 aliphatic carbocycles. The number of nitrogens with zero attached hydrogens (tertiary/aromatic N) is 2. The van der Waals surface area contributed by atoms with Crippen LogP contribution in [0.4, 0.5) is 10.1 Å². The third-order valence-corrected chi connectivity index (χ3v) is 3.22. The predicted octanol–water partition coefficient (Wildman–Crippen LogP) is 3.36. The van der Waals surface area contributed by atoms with E-state index < -0.39 is 0 Å². The van der Waals surface area contributed by atoms with Crippen LogP contribution in [0.25, 0.3) is 11.4 Å².